The van der Waals surface area contributed by atoms with Gasteiger partial charge >= 0.3 is 0 Å². The predicted octanol–water partition coefficient (Wildman–Crippen LogP) is 1.37. The van der Waals surface area contributed by atoms with Crippen LogP contribution in [0.1, 0.15) is 29.7 Å². The molecule has 2 heterocycles. The fourth-order valence-corrected chi connectivity index (χ4v) is 2.83. The van der Waals surface area contributed by atoms with Crippen LogP contribution >= 0.6 is 12.2 Å². The number of pyridine rings is 1. The topological polar surface area (TPSA) is 71.2 Å². The molecule has 1 fully saturated rings. The van der Waals surface area contributed by atoms with Gasteiger partial charge in [-0.05, 0) is 31.9 Å². The summed E-state index contributed by atoms with van der Waals surface area (Å²) in [6.07, 6.45) is 1.36. The van der Waals surface area contributed by atoms with Gasteiger partial charge in [0, 0.05) is 31.7 Å². The number of likely N-dealkylation sites (N-methyl/N-ethyl adjacent to an activating group) is 1. The first-order valence-corrected chi connectivity index (χ1v) is 7.08. The molecule has 6 heteroatoms. The minimum atomic E-state index is 0.180. The average molecular weight is 292 g/mol. The lowest BCUT2D eigenvalue weighted by molar-refractivity contribution is -0.132. The number of nitrogens with two attached hydrogens (primary N) is 1. The van der Waals surface area contributed by atoms with E-state index in [1.807, 2.05) is 27.0 Å². The zero-order chi connectivity index (χ0) is 14.9. The third-order valence-electron chi connectivity index (χ3n) is 3.56. The number of piperidine rings is 1. The Morgan fingerprint density at radius 3 is 2.85 bits per heavy atom. The molecule has 0 saturated carbocycles. The van der Waals surface area contributed by atoms with Crippen LogP contribution in [0.4, 0.5) is 5.82 Å². The predicted molar refractivity (Wildman–Crippen MR) is 83.9 cm³/mol. The molecule has 0 radical (unpaired) electrons. The summed E-state index contributed by atoms with van der Waals surface area (Å²) >= 11 is 5.12. The smallest absolute Gasteiger partial charge is 0.222 e. The van der Waals surface area contributed by atoms with Crippen molar-refractivity contribution in [2.45, 2.75) is 32.7 Å². The van der Waals surface area contributed by atoms with E-state index in [0.717, 1.165) is 29.1 Å². The van der Waals surface area contributed by atoms with Gasteiger partial charge in [-0.25, -0.2) is 4.98 Å². The monoisotopic (exact) mass is 292 g/mol. The summed E-state index contributed by atoms with van der Waals surface area (Å²) in [6, 6.07) is 2.15. The second-order valence-corrected chi connectivity index (χ2v) is 5.76. The number of carbonyl (C=O) groups excluding carboxylic acids is 1. The first kappa shape index (κ1) is 14.7. The summed E-state index contributed by atoms with van der Waals surface area (Å²) < 4.78 is 0. The van der Waals surface area contributed by atoms with Gasteiger partial charge in [0.25, 0.3) is 0 Å². The Balaban J connectivity index is 2.25. The normalized spacial score (nSPS) is 19.1. The van der Waals surface area contributed by atoms with Crippen molar-refractivity contribution in [2.24, 2.45) is 5.73 Å². The van der Waals surface area contributed by atoms with E-state index < -0.39 is 0 Å². The molecular weight excluding hydrogens is 272 g/mol. The van der Waals surface area contributed by atoms with E-state index in [9.17, 15) is 4.79 Å². The number of amides is 1. The Labute approximate surface area is 124 Å². The molecule has 1 aliphatic heterocycles. The van der Waals surface area contributed by atoms with Crippen molar-refractivity contribution >= 4 is 28.9 Å². The Kier molecular flexibility index (Phi) is 4.23. The third kappa shape index (κ3) is 3.07. The van der Waals surface area contributed by atoms with Crippen LogP contribution in [-0.2, 0) is 4.79 Å². The molecular formula is C14H20N4OS. The van der Waals surface area contributed by atoms with Gasteiger partial charge in [0.05, 0.1) is 5.56 Å². The van der Waals surface area contributed by atoms with Crippen LogP contribution in [0, 0.1) is 13.8 Å². The highest BCUT2D eigenvalue weighted by Crippen LogP contribution is 2.22. The fraction of sp³-hybridized carbons (Fsp3) is 0.500. The van der Waals surface area contributed by atoms with Crippen LogP contribution in [-0.4, -0.2) is 40.4 Å². The van der Waals surface area contributed by atoms with Crippen LogP contribution in [0.5, 0.6) is 0 Å². The molecule has 1 amide bonds. The number of carbonyl (C=O) groups is 1. The summed E-state index contributed by atoms with van der Waals surface area (Å²) in [7, 11) is 1.82. The highest BCUT2D eigenvalue weighted by Gasteiger charge is 2.24. The summed E-state index contributed by atoms with van der Waals surface area (Å²) in [6.45, 7) is 4.59. The van der Waals surface area contributed by atoms with Gasteiger partial charge in [-0.2, -0.15) is 0 Å². The lowest BCUT2D eigenvalue weighted by Crippen LogP contribution is -2.43. The molecule has 0 aromatic carbocycles. The molecule has 1 aromatic heterocycles. The average Bonchev–Trinajstić information content (AvgIpc) is 2.32. The Bertz CT molecular complexity index is 558. The number of rotatable bonds is 3. The number of nitrogens with zero attached hydrogens (tertiary/aromatic N) is 2. The van der Waals surface area contributed by atoms with E-state index in [-0.39, 0.29) is 11.9 Å². The summed E-state index contributed by atoms with van der Waals surface area (Å²) in [5, 5.41) is 3.39. The quantitative estimate of drug-likeness (QED) is 0.823. The molecule has 3 N–H and O–H groups in total. The van der Waals surface area contributed by atoms with Gasteiger partial charge in [0.15, 0.2) is 0 Å². The fourth-order valence-electron chi connectivity index (χ4n) is 2.58. The second kappa shape index (κ2) is 5.75. The van der Waals surface area contributed by atoms with Crippen molar-refractivity contribution in [3.8, 4) is 0 Å². The maximum Gasteiger partial charge on any atom is 0.222 e. The van der Waals surface area contributed by atoms with Gasteiger partial charge in [0.2, 0.25) is 5.91 Å². The summed E-state index contributed by atoms with van der Waals surface area (Å²) in [4.78, 5) is 18.1. The number of aryl methyl sites for hydroxylation is 2. The number of anilines is 1. The number of thiocarbonyl (C=S) groups is 1. The molecule has 1 saturated heterocycles. The minimum absolute atomic E-state index is 0.180. The van der Waals surface area contributed by atoms with Crippen molar-refractivity contribution in [3.63, 3.8) is 0 Å². The van der Waals surface area contributed by atoms with Crippen LogP contribution in [0.15, 0.2) is 6.07 Å². The number of hydrogen-bond acceptors (Lipinski definition) is 4. The van der Waals surface area contributed by atoms with E-state index in [1.54, 1.807) is 4.90 Å². The van der Waals surface area contributed by atoms with E-state index in [1.165, 1.54) is 0 Å². The molecule has 20 heavy (non-hydrogen) atoms. The van der Waals surface area contributed by atoms with Crippen molar-refractivity contribution < 1.29 is 4.79 Å². The lowest BCUT2D eigenvalue weighted by Gasteiger charge is -2.31. The van der Waals surface area contributed by atoms with Crippen molar-refractivity contribution in [2.75, 3.05) is 18.9 Å². The van der Waals surface area contributed by atoms with Crippen LogP contribution < -0.4 is 11.1 Å². The lowest BCUT2D eigenvalue weighted by atomic mass is 10.0. The van der Waals surface area contributed by atoms with E-state index >= 15 is 0 Å². The Morgan fingerprint density at radius 2 is 2.25 bits per heavy atom. The second-order valence-electron chi connectivity index (χ2n) is 5.32. The van der Waals surface area contributed by atoms with E-state index in [4.69, 9.17) is 18.0 Å². The molecule has 2 rings (SSSR count). The summed E-state index contributed by atoms with van der Waals surface area (Å²) in [5.41, 5.74) is 8.55. The van der Waals surface area contributed by atoms with Gasteiger partial charge in [-0.1, -0.05) is 12.2 Å². The number of likely N-dealkylation sites (tertiary alicyclic amines) is 1. The van der Waals surface area contributed by atoms with Crippen LogP contribution in [0.25, 0.3) is 0 Å². The standard InChI is InChI=1S/C14H20N4OS/c1-8-6-9(2)16-14(12(8)13(15)20)17-10-4-5-11(19)18(3)7-10/h6,10H,4-5,7H2,1-3H3,(H2,15,20)(H,16,17). The first-order valence-electron chi connectivity index (χ1n) is 6.67. The highest BCUT2D eigenvalue weighted by molar-refractivity contribution is 7.80. The maximum atomic E-state index is 11.5. The highest BCUT2D eigenvalue weighted by atomic mass is 32.1. The van der Waals surface area contributed by atoms with Crippen molar-refractivity contribution in [1.29, 1.82) is 0 Å². The Morgan fingerprint density at radius 1 is 1.55 bits per heavy atom. The first-order chi connectivity index (χ1) is 9.38. The van der Waals surface area contributed by atoms with Gasteiger partial charge in [-0.3, -0.25) is 4.79 Å². The third-order valence-corrected chi connectivity index (χ3v) is 3.76. The molecule has 1 unspecified atom stereocenters. The van der Waals surface area contributed by atoms with Gasteiger partial charge in [0.1, 0.15) is 10.8 Å². The van der Waals surface area contributed by atoms with Crippen LogP contribution in [0.3, 0.4) is 0 Å². The molecule has 0 spiro atoms. The Hall–Kier alpha value is -1.69. The maximum absolute atomic E-state index is 11.5. The molecule has 1 atom stereocenters. The minimum Gasteiger partial charge on any atom is -0.389 e. The van der Waals surface area contributed by atoms with Gasteiger partial charge < -0.3 is 16.0 Å². The van der Waals surface area contributed by atoms with Crippen LogP contribution in [0.2, 0.25) is 0 Å². The number of nitrogens with one attached hydrogen (secondary N) is 1. The molecule has 1 aromatic rings. The molecule has 1 aliphatic rings. The molecule has 5 nitrogen and oxygen atoms in total. The molecule has 108 valence electrons. The largest absolute Gasteiger partial charge is 0.389 e. The number of aromatic nitrogens is 1. The van der Waals surface area contributed by atoms with Crippen molar-refractivity contribution in [3.05, 3.63) is 22.9 Å². The van der Waals surface area contributed by atoms with Gasteiger partial charge in [-0.15, -0.1) is 0 Å². The molecule has 0 aliphatic carbocycles. The number of hydrogen-bond donors (Lipinski definition) is 2. The van der Waals surface area contributed by atoms with E-state index in [2.05, 4.69) is 10.3 Å². The zero-order valence-electron chi connectivity index (χ0n) is 12.1. The zero-order valence-corrected chi connectivity index (χ0v) is 12.9. The SMILES string of the molecule is Cc1cc(C)c(C(N)=S)c(NC2CCC(=O)N(C)C2)n1. The summed E-state index contributed by atoms with van der Waals surface area (Å²) in [5.74, 6) is 0.911. The van der Waals surface area contributed by atoms with Crippen molar-refractivity contribution in [1.82, 2.24) is 9.88 Å². The van der Waals surface area contributed by atoms with E-state index in [0.29, 0.717) is 18.0 Å². The molecule has 0 bridgehead atoms.